The molecule has 2 aliphatic heterocycles. The molecule has 162 valence electrons. The zero-order valence-electron chi connectivity index (χ0n) is 18.3. The van der Waals surface area contributed by atoms with Gasteiger partial charge in [0.2, 0.25) is 0 Å². The van der Waals surface area contributed by atoms with Gasteiger partial charge >= 0.3 is 6.09 Å². The van der Waals surface area contributed by atoms with Gasteiger partial charge in [0.05, 0.1) is 31.8 Å². The van der Waals surface area contributed by atoms with Crippen LogP contribution in [0.1, 0.15) is 40.2 Å². The zero-order valence-corrected chi connectivity index (χ0v) is 18.3. The second-order valence-corrected chi connectivity index (χ2v) is 9.05. The van der Waals surface area contributed by atoms with E-state index in [1.54, 1.807) is 9.80 Å². The van der Waals surface area contributed by atoms with Crippen molar-refractivity contribution in [3.63, 3.8) is 0 Å². The van der Waals surface area contributed by atoms with E-state index in [-0.39, 0.29) is 19.1 Å². The fourth-order valence-electron chi connectivity index (χ4n) is 3.91. The van der Waals surface area contributed by atoms with Crippen molar-refractivity contribution in [3.8, 4) is 12.3 Å². The van der Waals surface area contributed by atoms with Gasteiger partial charge in [-0.25, -0.2) is 4.79 Å². The van der Waals surface area contributed by atoms with Gasteiger partial charge in [-0.05, 0) is 40.2 Å². The van der Waals surface area contributed by atoms with E-state index >= 15 is 0 Å². The maximum Gasteiger partial charge on any atom is 0.412 e. The molecular weight excluding hydrogens is 384 g/mol. The monoisotopic (exact) mass is 414 g/mol. The lowest BCUT2D eigenvalue weighted by Crippen LogP contribution is -2.73. The van der Waals surface area contributed by atoms with Gasteiger partial charge in [-0.15, -0.1) is 6.42 Å². The lowest BCUT2D eigenvalue weighted by atomic mass is 9.90. The first kappa shape index (κ1) is 22.1. The Morgan fingerprint density at radius 1 is 1.30 bits per heavy atom. The molecule has 7 nitrogen and oxygen atoms in total. The van der Waals surface area contributed by atoms with Gasteiger partial charge in [-0.2, -0.15) is 0 Å². The molecule has 2 aliphatic rings. The van der Waals surface area contributed by atoms with Crippen molar-refractivity contribution >= 4 is 12.0 Å². The minimum absolute atomic E-state index is 0.147. The summed E-state index contributed by atoms with van der Waals surface area (Å²) >= 11 is 0. The maximum absolute atomic E-state index is 13.0. The van der Waals surface area contributed by atoms with E-state index in [1.165, 1.54) is 0 Å². The summed E-state index contributed by atoms with van der Waals surface area (Å²) in [5.41, 5.74) is -0.569. The summed E-state index contributed by atoms with van der Waals surface area (Å²) < 4.78 is 17.5. The number of nitrogens with zero attached hydrogens (tertiary/aromatic N) is 2. The van der Waals surface area contributed by atoms with Crippen molar-refractivity contribution in [1.29, 1.82) is 0 Å². The Morgan fingerprint density at radius 2 is 1.97 bits per heavy atom. The topological polar surface area (TPSA) is 68.3 Å². The van der Waals surface area contributed by atoms with Crippen LogP contribution in [0.2, 0.25) is 0 Å². The number of carbonyl (C=O) groups is 2. The van der Waals surface area contributed by atoms with E-state index < -0.39 is 35.6 Å². The highest BCUT2D eigenvalue weighted by molar-refractivity contribution is 5.89. The number of hydrogen-bond donors (Lipinski definition) is 0. The van der Waals surface area contributed by atoms with Gasteiger partial charge in [-0.1, -0.05) is 36.3 Å². The fraction of sp³-hybridized carbons (Fsp3) is 0.565. The van der Waals surface area contributed by atoms with Gasteiger partial charge in [-0.3, -0.25) is 9.69 Å². The number of hydrogen-bond acceptors (Lipinski definition) is 5. The number of amides is 2. The highest BCUT2D eigenvalue weighted by atomic mass is 16.6. The molecule has 30 heavy (non-hydrogen) atoms. The molecule has 0 N–H and O–H groups in total. The Hall–Kier alpha value is -2.56. The zero-order chi connectivity index (χ0) is 22.1. The average molecular weight is 415 g/mol. The summed E-state index contributed by atoms with van der Waals surface area (Å²) in [6.07, 6.45) is 4.29. The molecule has 0 aromatic heterocycles. The minimum Gasteiger partial charge on any atom is -0.444 e. The molecule has 0 aliphatic carbocycles. The van der Waals surface area contributed by atoms with Gasteiger partial charge in [0.1, 0.15) is 11.3 Å². The van der Waals surface area contributed by atoms with Crippen LogP contribution >= 0.6 is 0 Å². The molecule has 2 amide bonds. The predicted octanol–water partition coefficient (Wildman–Crippen LogP) is 2.79. The minimum atomic E-state index is -0.878. The van der Waals surface area contributed by atoms with Crippen LogP contribution in [0, 0.1) is 12.3 Å². The molecule has 0 radical (unpaired) electrons. The normalized spacial score (nSPS) is 25.6. The maximum atomic E-state index is 13.0. The Kier molecular flexibility index (Phi) is 6.11. The summed E-state index contributed by atoms with van der Waals surface area (Å²) in [7, 11) is 0. The van der Waals surface area contributed by atoms with Crippen molar-refractivity contribution < 1.29 is 23.8 Å². The highest BCUT2D eigenvalue weighted by Gasteiger charge is 2.59. The Bertz CT molecular complexity index is 824. The van der Waals surface area contributed by atoms with Crippen molar-refractivity contribution in [2.45, 2.75) is 70.7 Å². The number of β-lactam (4-membered cyclic amide) rings is 1. The molecule has 7 heteroatoms. The third-order valence-corrected chi connectivity index (χ3v) is 5.23. The van der Waals surface area contributed by atoms with Gasteiger partial charge in [0.25, 0.3) is 5.91 Å². The second kappa shape index (κ2) is 8.29. The number of benzene rings is 1. The smallest absolute Gasteiger partial charge is 0.412 e. The lowest BCUT2D eigenvalue weighted by molar-refractivity contribution is -0.180. The number of terminal acetylenes is 1. The van der Waals surface area contributed by atoms with Crippen LogP contribution in [0.3, 0.4) is 0 Å². The molecule has 2 saturated heterocycles. The summed E-state index contributed by atoms with van der Waals surface area (Å²) in [4.78, 5) is 28.9. The first-order valence-electron chi connectivity index (χ1n) is 10.1. The SMILES string of the molecule is C#CCN1C(=O)[C@@H](OCc2ccccc2)[C@H]1[C@@H]1COC(C)(C)N1C(=O)OC(C)(C)C. The first-order chi connectivity index (χ1) is 14.0. The van der Waals surface area contributed by atoms with E-state index in [0.29, 0.717) is 6.61 Å². The molecule has 0 bridgehead atoms. The van der Waals surface area contributed by atoms with E-state index in [0.717, 1.165) is 5.56 Å². The fourth-order valence-corrected chi connectivity index (χ4v) is 3.91. The number of rotatable bonds is 5. The van der Waals surface area contributed by atoms with Crippen molar-refractivity contribution in [2.24, 2.45) is 0 Å². The lowest BCUT2D eigenvalue weighted by Gasteiger charge is -2.50. The van der Waals surface area contributed by atoms with Crippen LogP contribution in [-0.2, 0) is 25.6 Å². The van der Waals surface area contributed by atoms with E-state index in [9.17, 15) is 9.59 Å². The average Bonchev–Trinajstić information content (AvgIpc) is 2.97. The third-order valence-electron chi connectivity index (χ3n) is 5.23. The van der Waals surface area contributed by atoms with E-state index in [1.807, 2.05) is 65.0 Å². The molecule has 3 atom stereocenters. The number of likely N-dealkylation sites (tertiary alicyclic amines) is 1. The third kappa shape index (κ3) is 4.45. The molecule has 0 saturated carbocycles. The Morgan fingerprint density at radius 3 is 2.57 bits per heavy atom. The van der Waals surface area contributed by atoms with Crippen LogP contribution in [0.4, 0.5) is 4.79 Å². The molecule has 2 heterocycles. The summed E-state index contributed by atoms with van der Waals surface area (Å²) in [6, 6.07) is 8.79. The van der Waals surface area contributed by atoms with Crippen molar-refractivity contribution in [1.82, 2.24) is 9.80 Å². The van der Waals surface area contributed by atoms with Gasteiger partial charge < -0.3 is 19.1 Å². The molecule has 3 rings (SSSR count). The second-order valence-electron chi connectivity index (χ2n) is 9.05. The highest BCUT2D eigenvalue weighted by Crippen LogP contribution is 2.37. The molecule has 0 unspecified atom stereocenters. The van der Waals surface area contributed by atoms with Crippen LogP contribution in [-0.4, -0.2) is 64.5 Å². The standard InChI is InChI=1S/C23H30N2O5/c1-7-13-24-18(19(20(24)26)28-14-16-11-9-8-10-12-16)17-15-29-23(5,6)25(17)21(27)30-22(2,3)4/h1,8-12,17-19H,13-15H2,2-6H3/t17-,18+,19-/m0/s1. The molecular formula is C23H30N2O5. The van der Waals surface area contributed by atoms with Crippen LogP contribution in [0.5, 0.6) is 0 Å². The number of ether oxygens (including phenoxy) is 3. The van der Waals surface area contributed by atoms with Gasteiger partial charge in [0.15, 0.2) is 6.10 Å². The number of carbonyl (C=O) groups excluding carboxylic acids is 2. The Balaban J connectivity index is 1.83. The summed E-state index contributed by atoms with van der Waals surface area (Å²) in [5, 5.41) is 0. The molecule has 0 spiro atoms. The van der Waals surface area contributed by atoms with E-state index in [4.69, 9.17) is 20.6 Å². The quantitative estimate of drug-likeness (QED) is 0.548. The van der Waals surface area contributed by atoms with Crippen LogP contribution in [0.25, 0.3) is 0 Å². The molecule has 2 fully saturated rings. The molecule has 1 aromatic rings. The van der Waals surface area contributed by atoms with Crippen molar-refractivity contribution in [3.05, 3.63) is 35.9 Å². The first-order valence-corrected chi connectivity index (χ1v) is 10.1. The summed E-state index contributed by atoms with van der Waals surface area (Å²) in [6.45, 7) is 9.75. The molecule has 1 aromatic carbocycles. The van der Waals surface area contributed by atoms with Gasteiger partial charge in [0, 0.05) is 0 Å². The van der Waals surface area contributed by atoms with Crippen molar-refractivity contribution in [2.75, 3.05) is 13.2 Å². The van der Waals surface area contributed by atoms with E-state index in [2.05, 4.69) is 5.92 Å². The largest absolute Gasteiger partial charge is 0.444 e. The van der Waals surface area contributed by atoms with Crippen LogP contribution in [0.15, 0.2) is 30.3 Å². The summed E-state index contributed by atoms with van der Waals surface area (Å²) in [5.74, 6) is 2.35. The van der Waals surface area contributed by atoms with Crippen LogP contribution < -0.4 is 0 Å². The predicted molar refractivity (Wildman–Crippen MR) is 111 cm³/mol. The Labute approximate surface area is 178 Å².